The Labute approximate surface area is 93.3 Å². The highest BCUT2D eigenvalue weighted by Gasteiger charge is 2.20. The third kappa shape index (κ3) is 4.49. The fourth-order valence-electron chi connectivity index (χ4n) is 2.19. The molecule has 0 bridgehead atoms. The van der Waals surface area contributed by atoms with Crippen LogP contribution in [0.4, 0.5) is 0 Å². The van der Waals surface area contributed by atoms with Crippen LogP contribution in [0.5, 0.6) is 0 Å². The molecule has 0 spiro atoms. The summed E-state index contributed by atoms with van der Waals surface area (Å²) in [6, 6.07) is 0.166. The SMILES string of the molecule is CCOC(CC)C(N)CCC1CCCO1. The minimum Gasteiger partial charge on any atom is -0.378 e. The van der Waals surface area contributed by atoms with Crippen LogP contribution < -0.4 is 5.73 Å². The van der Waals surface area contributed by atoms with Crippen molar-refractivity contribution in [1.29, 1.82) is 0 Å². The van der Waals surface area contributed by atoms with Gasteiger partial charge in [0, 0.05) is 19.3 Å². The lowest BCUT2D eigenvalue weighted by Gasteiger charge is -2.23. The van der Waals surface area contributed by atoms with Gasteiger partial charge in [-0.3, -0.25) is 0 Å². The third-order valence-corrected chi connectivity index (χ3v) is 3.11. The first kappa shape index (κ1) is 12.9. The molecule has 15 heavy (non-hydrogen) atoms. The van der Waals surface area contributed by atoms with E-state index in [2.05, 4.69) is 6.92 Å². The van der Waals surface area contributed by atoms with Crippen molar-refractivity contribution in [3.8, 4) is 0 Å². The molecule has 0 aliphatic carbocycles. The maximum Gasteiger partial charge on any atom is 0.0723 e. The molecule has 1 aliphatic heterocycles. The summed E-state index contributed by atoms with van der Waals surface area (Å²) < 4.78 is 11.2. The number of hydrogen-bond acceptors (Lipinski definition) is 3. The molecule has 1 rings (SSSR count). The smallest absolute Gasteiger partial charge is 0.0723 e. The lowest BCUT2D eigenvalue weighted by Crippen LogP contribution is -2.37. The van der Waals surface area contributed by atoms with Crippen molar-refractivity contribution in [1.82, 2.24) is 0 Å². The molecule has 0 radical (unpaired) electrons. The second kappa shape index (κ2) is 7.20. The fourth-order valence-corrected chi connectivity index (χ4v) is 2.19. The second-order valence-electron chi connectivity index (χ2n) is 4.28. The third-order valence-electron chi connectivity index (χ3n) is 3.11. The van der Waals surface area contributed by atoms with Gasteiger partial charge >= 0.3 is 0 Å². The summed E-state index contributed by atoms with van der Waals surface area (Å²) in [6.07, 6.45) is 6.20. The molecule has 1 saturated heterocycles. The lowest BCUT2D eigenvalue weighted by molar-refractivity contribution is 0.0331. The van der Waals surface area contributed by atoms with Gasteiger partial charge < -0.3 is 15.2 Å². The van der Waals surface area contributed by atoms with Crippen LogP contribution in [0.25, 0.3) is 0 Å². The summed E-state index contributed by atoms with van der Waals surface area (Å²) in [5, 5.41) is 0. The molecule has 1 fully saturated rings. The van der Waals surface area contributed by atoms with Gasteiger partial charge in [-0.25, -0.2) is 0 Å². The molecule has 0 aromatic rings. The Hall–Kier alpha value is -0.120. The van der Waals surface area contributed by atoms with E-state index in [1.807, 2.05) is 6.92 Å². The quantitative estimate of drug-likeness (QED) is 0.707. The Morgan fingerprint density at radius 3 is 2.80 bits per heavy atom. The van der Waals surface area contributed by atoms with Gasteiger partial charge in [0.25, 0.3) is 0 Å². The van der Waals surface area contributed by atoms with Crippen molar-refractivity contribution in [3.05, 3.63) is 0 Å². The molecule has 3 unspecified atom stereocenters. The first-order valence-corrected chi connectivity index (χ1v) is 6.26. The van der Waals surface area contributed by atoms with Crippen molar-refractivity contribution in [2.45, 2.75) is 64.2 Å². The maximum atomic E-state index is 6.11. The molecule has 3 heteroatoms. The molecule has 2 N–H and O–H groups in total. The van der Waals surface area contributed by atoms with Gasteiger partial charge in [0.15, 0.2) is 0 Å². The average Bonchev–Trinajstić information content (AvgIpc) is 2.75. The predicted octanol–water partition coefficient (Wildman–Crippen LogP) is 2.09. The van der Waals surface area contributed by atoms with Crippen LogP contribution in [0.1, 0.15) is 46.0 Å². The van der Waals surface area contributed by atoms with Crippen molar-refractivity contribution in [2.75, 3.05) is 13.2 Å². The van der Waals surface area contributed by atoms with Crippen molar-refractivity contribution < 1.29 is 9.47 Å². The number of rotatable bonds is 7. The van der Waals surface area contributed by atoms with Crippen molar-refractivity contribution in [2.24, 2.45) is 5.73 Å². The van der Waals surface area contributed by atoms with Gasteiger partial charge in [-0.05, 0) is 39.0 Å². The van der Waals surface area contributed by atoms with E-state index in [0.717, 1.165) is 32.5 Å². The number of ether oxygens (including phenoxy) is 2. The molecule has 0 amide bonds. The monoisotopic (exact) mass is 215 g/mol. The van der Waals surface area contributed by atoms with Crippen LogP contribution in [-0.4, -0.2) is 31.5 Å². The van der Waals surface area contributed by atoms with Crippen molar-refractivity contribution >= 4 is 0 Å². The summed E-state index contributed by atoms with van der Waals surface area (Å²) in [7, 11) is 0. The van der Waals surface area contributed by atoms with E-state index in [1.54, 1.807) is 0 Å². The largest absolute Gasteiger partial charge is 0.378 e. The molecule has 3 atom stereocenters. The Bertz CT molecular complexity index is 158. The number of hydrogen-bond donors (Lipinski definition) is 1. The summed E-state index contributed by atoms with van der Waals surface area (Å²) in [5.41, 5.74) is 6.11. The molecule has 0 aromatic carbocycles. The van der Waals surface area contributed by atoms with E-state index in [0.29, 0.717) is 6.10 Å². The molecule has 90 valence electrons. The van der Waals surface area contributed by atoms with Gasteiger partial charge in [-0.15, -0.1) is 0 Å². The van der Waals surface area contributed by atoms with E-state index in [1.165, 1.54) is 12.8 Å². The van der Waals surface area contributed by atoms with Crippen LogP contribution in [0.3, 0.4) is 0 Å². The van der Waals surface area contributed by atoms with E-state index in [-0.39, 0.29) is 12.1 Å². The highest BCUT2D eigenvalue weighted by molar-refractivity contribution is 4.75. The van der Waals surface area contributed by atoms with Crippen molar-refractivity contribution in [3.63, 3.8) is 0 Å². The molecular formula is C12H25NO2. The minimum absolute atomic E-state index is 0.166. The molecule has 1 heterocycles. The standard InChI is InChI=1S/C12H25NO2/c1-3-12(14-4-2)11(13)8-7-10-6-5-9-15-10/h10-12H,3-9,13H2,1-2H3. The molecule has 0 aromatic heterocycles. The Kier molecular flexibility index (Phi) is 6.22. The van der Waals surface area contributed by atoms with Gasteiger partial charge in [0.2, 0.25) is 0 Å². The Morgan fingerprint density at radius 1 is 1.47 bits per heavy atom. The minimum atomic E-state index is 0.166. The fraction of sp³-hybridized carbons (Fsp3) is 1.00. The van der Waals surface area contributed by atoms with Crippen LogP contribution in [0.2, 0.25) is 0 Å². The Balaban J connectivity index is 2.17. The van der Waals surface area contributed by atoms with Crippen LogP contribution in [-0.2, 0) is 9.47 Å². The zero-order chi connectivity index (χ0) is 11.1. The van der Waals surface area contributed by atoms with E-state index < -0.39 is 0 Å². The van der Waals surface area contributed by atoms with Crippen LogP contribution in [0.15, 0.2) is 0 Å². The lowest BCUT2D eigenvalue weighted by atomic mass is 10.0. The van der Waals surface area contributed by atoms with Gasteiger partial charge in [0.1, 0.15) is 0 Å². The maximum absolute atomic E-state index is 6.11. The van der Waals surface area contributed by atoms with E-state index in [4.69, 9.17) is 15.2 Å². The first-order valence-electron chi connectivity index (χ1n) is 6.26. The topological polar surface area (TPSA) is 44.5 Å². The van der Waals surface area contributed by atoms with Gasteiger partial charge in [-0.2, -0.15) is 0 Å². The number of nitrogens with two attached hydrogens (primary N) is 1. The van der Waals surface area contributed by atoms with Crippen LogP contribution in [0, 0.1) is 0 Å². The molecule has 0 saturated carbocycles. The average molecular weight is 215 g/mol. The first-order chi connectivity index (χ1) is 7.27. The van der Waals surface area contributed by atoms with E-state index >= 15 is 0 Å². The summed E-state index contributed by atoms with van der Waals surface area (Å²) in [6.45, 7) is 5.84. The summed E-state index contributed by atoms with van der Waals surface area (Å²) >= 11 is 0. The highest BCUT2D eigenvalue weighted by atomic mass is 16.5. The summed E-state index contributed by atoms with van der Waals surface area (Å²) in [5.74, 6) is 0. The summed E-state index contributed by atoms with van der Waals surface area (Å²) in [4.78, 5) is 0. The molecule has 1 aliphatic rings. The predicted molar refractivity (Wildman–Crippen MR) is 61.9 cm³/mol. The molecular weight excluding hydrogens is 190 g/mol. The van der Waals surface area contributed by atoms with Gasteiger partial charge in [0.05, 0.1) is 12.2 Å². The Morgan fingerprint density at radius 2 is 2.27 bits per heavy atom. The zero-order valence-electron chi connectivity index (χ0n) is 10.1. The van der Waals surface area contributed by atoms with E-state index in [9.17, 15) is 0 Å². The van der Waals surface area contributed by atoms with Crippen LogP contribution >= 0.6 is 0 Å². The normalized spacial score (nSPS) is 25.4. The van der Waals surface area contributed by atoms with Gasteiger partial charge in [-0.1, -0.05) is 6.92 Å². The second-order valence-corrected chi connectivity index (χ2v) is 4.28. The zero-order valence-corrected chi connectivity index (χ0v) is 10.1. The highest BCUT2D eigenvalue weighted by Crippen LogP contribution is 2.19. The molecule has 3 nitrogen and oxygen atoms in total.